The smallest absolute Gasteiger partial charge is 0.220 e. The monoisotopic (exact) mass is 1100 g/mol. The molecule has 0 aromatic heterocycles. The topological polar surface area (TPSA) is 149 Å². The third-order valence-electron chi connectivity index (χ3n) is 16.5. The van der Waals surface area contributed by atoms with Gasteiger partial charge in [0.05, 0.1) is 25.4 Å². The van der Waals surface area contributed by atoms with Crippen LogP contribution in [0.15, 0.2) is 36.5 Å². The van der Waals surface area contributed by atoms with E-state index in [9.17, 15) is 30.3 Å². The Balaban J connectivity index is 2.03. The van der Waals surface area contributed by atoms with Crippen LogP contribution in [-0.4, -0.2) is 87.5 Å². The van der Waals surface area contributed by atoms with Crippen molar-refractivity contribution in [3.8, 4) is 0 Å². The molecule has 7 atom stereocenters. The van der Waals surface area contributed by atoms with E-state index in [1.807, 2.05) is 0 Å². The summed E-state index contributed by atoms with van der Waals surface area (Å²) in [6.07, 6.45) is 70.8. The maximum atomic E-state index is 13.1. The first-order valence-corrected chi connectivity index (χ1v) is 34.2. The molecule has 1 aliphatic heterocycles. The largest absolute Gasteiger partial charge is 0.394 e. The van der Waals surface area contributed by atoms with Crippen molar-refractivity contribution in [3.63, 3.8) is 0 Å². The van der Waals surface area contributed by atoms with Crippen molar-refractivity contribution < 1.29 is 39.8 Å². The van der Waals surface area contributed by atoms with Crippen LogP contribution < -0.4 is 5.32 Å². The molecule has 6 N–H and O–H groups in total. The van der Waals surface area contributed by atoms with Crippen LogP contribution >= 0.6 is 0 Å². The molecule has 0 radical (unpaired) electrons. The van der Waals surface area contributed by atoms with E-state index in [1.165, 1.54) is 263 Å². The highest BCUT2D eigenvalue weighted by Gasteiger charge is 2.44. The minimum Gasteiger partial charge on any atom is -0.394 e. The molecule has 0 aromatic rings. The van der Waals surface area contributed by atoms with Crippen molar-refractivity contribution in [2.75, 3.05) is 13.2 Å². The number of hydrogen-bond donors (Lipinski definition) is 6. The quantitative estimate of drug-likeness (QED) is 0.0261. The van der Waals surface area contributed by atoms with Gasteiger partial charge >= 0.3 is 0 Å². The summed E-state index contributed by atoms with van der Waals surface area (Å²) in [7, 11) is 0. The molecule has 1 heterocycles. The van der Waals surface area contributed by atoms with Gasteiger partial charge in [0.25, 0.3) is 0 Å². The fourth-order valence-corrected chi connectivity index (χ4v) is 11.1. The van der Waals surface area contributed by atoms with Gasteiger partial charge in [-0.2, -0.15) is 0 Å². The maximum Gasteiger partial charge on any atom is 0.220 e. The zero-order valence-electron chi connectivity index (χ0n) is 51.4. The summed E-state index contributed by atoms with van der Waals surface area (Å²) in [6, 6.07) is -0.717. The summed E-state index contributed by atoms with van der Waals surface area (Å²) >= 11 is 0. The Kier molecular flexibility index (Phi) is 55.9. The van der Waals surface area contributed by atoms with Crippen molar-refractivity contribution in [1.29, 1.82) is 0 Å². The Morgan fingerprint density at radius 1 is 0.436 bits per heavy atom. The lowest BCUT2D eigenvalue weighted by Crippen LogP contribution is -2.60. The number of aliphatic hydroxyl groups excluding tert-OH is 5. The average Bonchev–Trinajstić information content (AvgIpc) is 3.45. The Labute approximate surface area is 482 Å². The molecule has 9 heteroatoms. The first-order chi connectivity index (χ1) is 38.3. The first kappa shape index (κ1) is 74.4. The molecule has 7 unspecified atom stereocenters. The summed E-state index contributed by atoms with van der Waals surface area (Å²) in [5.41, 5.74) is 0. The van der Waals surface area contributed by atoms with E-state index in [-0.39, 0.29) is 12.5 Å². The van der Waals surface area contributed by atoms with Crippen LogP contribution in [0.25, 0.3) is 0 Å². The maximum absolute atomic E-state index is 13.1. The summed E-state index contributed by atoms with van der Waals surface area (Å²) in [4.78, 5) is 13.1. The van der Waals surface area contributed by atoms with Crippen LogP contribution in [0.5, 0.6) is 0 Å². The third kappa shape index (κ3) is 47.0. The SMILES string of the molecule is CCCCCCC/C=C\C/C=C\C/C=C\CCCCCCCCCCCCCCCCCCCCCCCCCCC(=O)NC(COC1OC(CO)C(O)C(O)C1O)C(O)CCCCCCCCCCCCCCCCCC. The second kappa shape index (κ2) is 58.6. The summed E-state index contributed by atoms with van der Waals surface area (Å²) in [5.74, 6) is -0.137. The van der Waals surface area contributed by atoms with E-state index >= 15 is 0 Å². The molecule has 0 spiro atoms. The van der Waals surface area contributed by atoms with Crippen LogP contribution in [-0.2, 0) is 14.3 Å². The van der Waals surface area contributed by atoms with Crippen molar-refractivity contribution in [2.45, 2.75) is 384 Å². The lowest BCUT2D eigenvalue weighted by molar-refractivity contribution is -0.302. The number of allylic oxidation sites excluding steroid dienone is 6. The van der Waals surface area contributed by atoms with Crippen LogP contribution in [0.1, 0.15) is 341 Å². The molecule has 1 amide bonds. The third-order valence-corrected chi connectivity index (χ3v) is 16.5. The molecule has 1 fully saturated rings. The average molecular weight is 1100 g/mol. The molecule has 0 saturated carbocycles. The van der Waals surface area contributed by atoms with E-state index in [4.69, 9.17) is 9.47 Å². The highest BCUT2D eigenvalue weighted by molar-refractivity contribution is 5.76. The lowest BCUT2D eigenvalue weighted by atomic mass is 9.99. The molecular weight excluding hydrogens is 971 g/mol. The van der Waals surface area contributed by atoms with E-state index in [0.29, 0.717) is 12.8 Å². The molecule has 0 aliphatic carbocycles. The number of rotatable bonds is 60. The Bertz CT molecular complexity index is 1320. The van der Waals surface area contributed by atoms with Gasteiger partial charge < -0.3 is 40.3 Å². The number of unbranched alkanes of at least 4 members (excludes halogenated alkanes) is 44. The van der Waals surface area contributed by atoms with Crippen molar-refractivity contribution in [1.82, 2.24) is 5.32 Å². The van der Waals surface area contributed by atoms with Crippen LogP contribution in [0.3, 0.4) is 0 Å². The van der Waals surface area contributed by atoms with Gasteiger partial charge in [0.2, 0.25) is 5.91 Å². The van der Waals surface area contributed by atoms with Gasteiger partial charge in [0.1, 0.15) is 24.4 Å². The van der Waals surface area contributed by atoms with Gasteiger partial charge in [-0.25, -0.2) is 0 Å². The van der Waals surface area contributed by atoms with Crippen molar-refractivity contribution >= 4 is 5.91 Å². The van der Waals surface area contributed by atoms with E-state index in [0.717, 1.165) is 51.4 Å². The number of nitrogens with one attached hydrogen (secondary N) is 1. The number of ether oxygens (including phenoxy) is 2. The summed E-state index contributed by atoms with van der Waals surface area (Å²) < 4.78 is 11.3. The molecular formula is C69H131NO8. The molecule has 0 aromatic carbocycles. The highest BCUT2D eigenvalue weighted by atomic mass is 16.7. The van der Waals surface area contributed by atoms with Gasteiger partial charge in [-0.1, -0.05) is 320 Å². The fraction of sp³-hybridized carbons (Fsp3) is 0.899. The van der Waals surface area contributed by atoms with Crippen molar-refractivity contribution in [3.05, 3.63) is 36.5 Å². The van der Waals surface area contributed by atoms with Gasteiger partial charge in [0, 0.05) is 6.42 Å². The predicted molar refractivity (Wildman–Crippen MR) is 332 cm³/mol. The second-order valence-corrected chi connectivity index (χ2v) is 24.0. The minimum atomic E-state index is -1.55. The van der Waals surface area contributed by atoms with Gasteiger partial charge in [-0.05, 0) is 51.4 Å². The van der Waals surface area contributed by atoms with Gasteiger partial charge in [0.15, 0.2) is 6.29 Å². The highest BCUT2D eigenvalue weighted by Crippen LogP contribution is 2.24. The second-order valence-electron chi connectivity index (χ2n) is 24.0. The van der Waals surface area contributed by atoms with Crippen LogP contribution in [0, 0.1) is 0 Å². The number of amides is 1. The number of aliphatic hydroxyl groups is 5. The number of carbonyl (C=O) groups excluding carboxylic acids is 1. The Hall–Kier alpha value is -1.59. The molecule has 1 saturated heterocycles. The zero-order chi connectivity index (χ0) is 56.5. The molecule has 78 heavy (non-hydrogen) atoms. The Morgan fingerprint density at radius 2 is 0.756 bits per heavy atom. The standard InChI is InChI=1S/C69H131NO8/c1-3-5-7-9-11-13-15-17-19-21-22-23-24-25-26-27-28-29-30-31-32-33-34-35-36-37-38-39-40-41-42-43-45-47-49-51-53-55-57-59-65(73)70-62(61-77-69-68(76)67(75)66(74)64(60-71)78-69)63(72)58-56-54-52-50-48-46-44-20-18-16-14-12-10-8-6-4-2/h15,17,21-22,24-25,62-64,66-69,71-72,74-76H,3-14,16,18-20,23,26-61H2,1-2H3,(H,70,73)/b17-15-,22-21-,25-24-. The normalized spacial score (nSPS) is 18.8. The summed E-state index contributed by atoms with van der Waals surface area (Å²) in [6.45, 7) is 3.86. The van der Waals surface area contributed by atoms with Gasteiger partial charge in [-0.3, -0.25) is 4.79 Å². The first-order valence-electron chi connectivity index (χ1n) is 34.2. The van der Waals surface area contributed by atoms with Crippen LogP contribution in [0.4, 0.5) is 0 Å². The number of hydrogen-bond acceptors (Lipinski definition) is 8. The van der Waals surface area contributed by atoms with Crippen LogP contribution in [0.2, 0.25) is 0 Å². The predicted octanol–water partition coefficient (Wildman–Crippen LogP) is 18.3. The van der Waals surface area contributed by atoms with E-state index in [1.54, 1.807) is 0 Å². The lowest BCUT2D eigenvalue weighted by Gasteiger charge is -2.40. The molecule has 1 aliphatic rings. The minimum absolute atomic E-state index is 0.133. The molecule has 9 nitrogen and oxygen atoms in total. The molecule has 1 rings (SSSR count). The summed E-state index contributed by atoms with van der Waals surface area (Å²) in [5, 5.41) is 54.8. The van der Waals surface area contributed by atoms with E-state index < -0.39 is 49.5 Å². The fourth-order valence-electron chi connectivity index (χ4n) is 11.1. The molecule has 0 bridgehead atoms. The number of carbonyl (C=O) groups is 1. The van der Waals surface area contributed by atoms with Crippen molar-refractivity contribution in [2.24, 2.45) is 0 Å². The zero-order valence-corrected chi connectivity index (χ0v) is 51.4. The van der Waals surface area contributed by atoms with Gasteiger partial charge in [-0.15, -0.1) is 0 Å². The Morgan fingerprint density at radius 3 is 1.12 bits per heavy atom. The van der Waals surface area contributed by atoms with E-state index in [2.05, 4.69) is 55.6 Å². The molecule has 460 valence electrons.